The lowest BCUT2D eigenvalue weighted by atomic mass is 10.2. The van der Waals surface area contributed by atoms with Gasteiger partial charge >= 0.3 is 0 Å². The minimum absolute atomic E-state index is 0.207. The molecule has 2 N–H and O–H groups in total. The molecule has 0 radical (unpaired) electrons. The summed E-state index contributed by atoms with van der Waals surface area (Å²) >= 11 is 0. The highest BCUT2D eigenvalue weighted by Gasteiger charge is 2.09. The number of aromatic nitrogens is 3. The van der Waals surface area contributed by atoms with E-state index in [4.69, 9.17) is 0 Å². The third-order valence-corrected chi connectivity index (χ3v) is 2.29. The van der Waals surface area contributed by atoms with Crippen LogP contribution in [-0.4, -0.2) is 28.1 Å². The number of carbonyl (C=O) groups excluding carboxylic acids is 1. The molecule has 2 rings (SSSR count). The molecule has 2 heterocycles. The van der Waals surface area contributed by atoms with Crippen LogP contribution in [0.15, 0.2) is 23.0 Å². The maximum atomic E-state index is 11.9. The SMILES string of the molecule is CNc1cc(C(=O)NCc2ncon2)cc(C)n1. The predicted octanol–water partition coefficient (Wildman–Crippen LogP) is 0.745. The molecule has 2 aromatic rings. The minimum Gasteiger partial charge on any atom is -0.373 e. The molecule has 0 saturated carbocycles. The average Bonchev–Trinajstić information content (AvgIpc) is 2.88. The van der Waals surface area contributed by atoms with Crippen LogP contribution in [0.2, 0.25) is 0 Å². The Morgan fingerprint density at radius 2 is 2.28 bits per heavy atom. The normalized spacial score (nSPS) is 10.1. The van der Waals surface area contributed by atoms with Crippen molar-refractivity contribution >= 4 is 11.7 Å². The molecule has 0 spiro atoms. The monoisotopic (exact) mass is 247 g/mol. The van der Waals surface area contributed by atoms with Crippen molar-refractivity contribution in [2.45, 2.75) is 13.5 Å². The topological polar surface area (TPSA) is 92.9 Å². The largest absolute Gasteiger partial charge is 0.373 e. The van der Waals surface area contributed by atoms with E-state index in [0.717, 1.165) is 5.69 Å². The Hall–Kier alpha value is -2.44. The number of amides is 1. The number of aryl methyl sites for hydroxylation is 1. The van der Waals surface area contributed by atoms with Crippen LogP contribution in [0.4, 0.5) is 5.82 Å². The van der Waals surface area contributed by atoms with Gasteiger partial charge in [-0.2, -0.15) is 4.98 Å². The molecule has 0 saturated heterocycles. The summed E-state index contributed by atoms with van der Waals surface area (Å²) in [4.78, 5) is 19.9. The third-order valence-electron chi connectivity index (χ3n) is 2.29. The van der Waals surface area contributed by atoms with Crippen LogP contribution in [-0.2, 0) is 6.54 Å². The first-order valence-corrected chi connectivity index (χ1v) is 5.39. The van der Waals surface area contributed by atoms with Crippen LogP contribution in [0, 0.1) is 6.92 Å². The summed E-state index contributed by atoms with van der Waals surface area (Å²) in [5, 5.41) is 9.21. The zero-order chi connectivity index (χ0) is 13.0. The van der Waals surface area contributed by atoms with E-state index in [9.17, 15) is 4.79 Å². The van der Waals surface area contributed by atoms with Gasteiger partial charge in [0.1, 0.15) is 5.82 Å². The van der Waals surface area contributed by atoms with Gasteiger partial charge in [-0.3, -0.25) is 4.79 Å². The summed E-state index contributed by atoms with van der Waals surface area (Å²) in [6, 6.07) is 3.39. The predicted molar refractivity (Wildman–Crippen MR) is 64.0 cm³/mol. The Balaban J connectivity index is 2.06. The van der Waals surface area contributed by atoms with Crippen molar-refractivity contribution in [1.29, 1.82) is 0 Å². The van der Waals surface area contributed by atoms with Crippen molar-refractivity contribution < 1.29 is 9.32 Å². The van der Waals surface area contributed by atoms with Crippen LogP contribution in [0.25, 0.3) is 0 Å². The van der Waals surface area contributed by atoms with E-state index in [2.05, 4.69) is 30.3 Å². The molecule has 0 bridgehead atoms. The van der Waals surface area contributed by atoms with Gasteiger partial charge < -0.3 is 15.2 Å². The van der Waals surface area contributed by atoms with Gasteiger partial charge in [0, 0.05) is 18.3 Å². The lowest BCUT2D eigenvalue weighted by Gasteiger charge is -2.06. The first kappa shape index (κ1) is 12.0. The molecule has 0 aliphatic rings. The molecule has 18 heavy (non-hydrogen) atoms. The van der Waals surface area contributed by atoms with Crippen molar-refractivity contribution in [3.63, 3.8) is 0 Å². The van der Waals surface area contributed by atoms with Crippen molar-refractivity contribution in [3.8, 4) is 0 Å². The summed E-state index contributed by atoms with van der Waals surface area (Å²) in [6.07, 6.45) is 1.22. The number of rotatable bonds is 4. The highest BCUT2D eigenvalue weighted by atomic mass is 16.5. The number of carbonyl (C=O) groups is 1. The number of nitrogens with zero attached hydrogens (tertiary/aromatic N) is 3. The number of pyridine rings is 1. The fourth-order valence-corrected chi connectivity index (χ4v) is 1.46. The molecule has 7 heteroatoms. The van der Waals surface area contributed by atoms with Gasteiger partial charge in [-0.1, -0.05) is 5.16 Å². The van der Waals surface area contributed by atoms with Crippen LogP contribution in [0.3, 0.4) is 0 Å². The minimum atomic E-state index is -0.207. The fourth-order valence-electron chi connectivity index (χ4n) is 1.46. The van der Waals surface area contributed by atoms with E-state index >= 15 is 0 Å². The van der Waals surface area contributed by atoms with Crippen LogP contribution < -0.4 is 10.6 Å². The lowest BCUT2D eigenvalue weighted by molar-refractivity contribution is 0.0949. The van der Waals surface area contributed by atoms with Gasteiger partial charge in [-0.15, -0.1) is 0 Å². The first-order chi connectivity index (χ1) is 8.69. The van der Waals surface area contributed by atoms with Crippen molar-refractivity contribution in [3.05, 3.63) is 35.6 Å². The quantitative estimate of drug-likeness (QED) is 0.828. The fraction of sp³-hybridized carbons (Fsp3) is 0.273. The highest BCUT2D eigenvalue weighted by Crippen LogP contribution is 2.09. The van der Waals surface area contributed by atoms with Gasteiger partial charge in [0.05, 0.1) is 6.54 Å². The summed E-state index contributed by atoms with van der Waals surface area (Å²) in [7, 11) is 1.75. The average molecular weight is 247 g/mol. The third kappa shape index (κ3) is 2.82. The van der Waals surface area contributed by atoms with E-state index in [1.54, 1.807) is 19.2 Å². The second kappa shape index (κ2) is 5.26. The van der Waals surface area contributed by atoms with Crippen LogP contribution in [0.5, 0.6) is 0 Å². The molecule has 2 aromatic heterocycles. The van der Waals surface area contributed by atoms with Crippen LogP contribution >= 0.6 is 0 Å². The molecule has 0 unspecified atom stereocenters. The Morgan fingerprint density at radius 1 is 1.44 bits per heavy atom. The van der Waals surface area contributed by atoms with E-state index in [1.165, 1.54) is 6.39 Å². The first-order valence-electron chi connectivity index (χ1n) is 5.39. The molecule has 0 aromatic carbocycles. The van der Waals surface area contributed by atoms with E-state index in [0.29, 0.717) is 17.2 Å². The molecule has 0 atom stereocenters. The Morgan fingerprint density at radius 3 is 2.94 bits per heavy atom. The summed E-state index contributed by atoms with van der Waals surface area (Å²) < 4.78 is 4.58. The van der Waals surface area contributed by atoms with Gasteiger partial charge in [0.25, 0.3) is 5.91 Å². The Bertz CT molecular complexity index is 538. The molecule has 0 aliphatic carbocycles. The smallest absolute Gasteiger partial charge is 0.251 e. The summed E-state index contributed by atoms with van der Waals surface area (Å²) in [5.41, 5.74) is 1.31. The summed E-state index contributed by atoms with van der Waals surface area (Å²) in [5.74, 6) is 0.879. The van der Waals surface area contributed by atoms with Gasteiger partial charge in [-0.05, 0) is 19.1 Å². The summed E-state index contributed by atoms with van der Waals surface area (Å²) in [6.45, 7) is 2.06. The maximum absolute atomic E-state index is 11.9. The molecule has 0 fully saturated rings. The Labute approximate surface area is 104 Å². The number of hydrogen-bond donors (Lipinski definition) is 2. The second-order valence-electron chi connectivity index (χ2n) is 3.66. The van der Waals surface area contributed by atoms with Gasteiger partial charge in [0.2, 0.25) is 6.39 Å². The molecular formula is C11H13N5O2. The molecule has 94 valence electrons. The molecule has 7 nitrogen and oxygen atoms in total. The molecule has 1 amide bonds. The highest BCUT2D eigenvalue weighted by molar-refractivity contribution is 5.94. The molecular weight excluding hydrogens is 234 g/mol. The van der Waals surface area contributed by atoms with E-state index in [-0.39, 0.29) is 12.5 Å². The lowest BCUT2D eigenvalue weighted by Crippen LogP contribution is -2.23. The number of nitrogens with one attached hydrogen (secondary N) is 2. The number of hydrogen-bond acceptors (Lipinski definition) is 6. The Kier molecular flexibility index (Phi) is 3.52. The molecule has 0 aliphatic heterocycles. The van der Waals surface area contributed by atoms with Crippen molar-refractivity contribution in [2.24, 2.45) is 0 Å². The van der Waals surface area contributed by atoms with E-state index in [1.807, 2.05) is 6.92 Å². The standard InChI is InChI=1S/C11H13N5O2/c1-7-3-8(4-9(12-2)15-7)11(17)13-5-10-14-6-18-16-10/h3-4,6H,5H2,1-2H3,(H,12,15)(H,13,17). The van der Waals surface area contributed by atoms with Crippen molar-refractivity contribution in [1.82, 2.24) is 20.4 Å². The number of anilines is 1. The van der Waals surface area contributed by atoms with E-state index < -0.39 is 0 Å². The maximum Gasteiger partial charge on any atom is 0.251 e. The van der Waals surface area contributed by atoms with Gasteiger partial charge in [0.15, 0.2) is 5.82 Å². The second-order valence-corrected chi connectivity index (χ2v) is 3.66. The van der Waals surface area contributed by atoms with Gasteiger partial charge in [-0.25, -0.2) is 4.98 Å². The zero-order valence-electron chi connectivity index (χ0n) is 10.1. The zero-order valence-corrected chi connectivity index (χ0v) is 10.1. The van der Waals surface area contributed by atoms with Crippen LogP contribution in [0.1, 0.15) is 21.9 Å². The van der Waals surface area contributed by atoms with Crippen molar-refractivity contribution in [2.75, 3.05) is 12.4 Å².